The number of carbonyl (C=O) groups excluding carboxylic acids is 1. The molecule has 0 rings (SSSR count). The topological polar surface area (TPSA) is 26.3 Å². The maximum atomic E-state index is 11.1. The second kappa shape index (κ2) is 3.62. The molecule has 11 heavy (non-hydrogen) atoms. The molecule has 0 aromatic rings. The number of esters is 1. The van der Waals surface area contributed by atoms with Crippen molar-refractivity contribution in [3.05, 3.63) is 12.7 Å². The van der Waals surface area contributed by atoms with Crippen molar-refractivity contribution < 1.29 is 9.53 Å². The third kappa shape index (κ3) is 3.88. The monoisotopic (exact) mass is 172 g/mol. The lowest BCUT2D eigenvalue weighted by molar-refractivity contribution is -0.143. The molecule has 0 spiro atoms. The summed E-state index contributed by atoms with van der Waals surface area (Å²) in [6.45, 7) is 8.67. The fourth-order valence-corrected chi connectivity index (χ4v) is 0.362. The standard InChI is InChI=1S/C8H12O2S/c1-5-6(11)10-7(9)8(2,3)4/h5H,1H2,2-4H3. The van der Waals surface area contributed by atoms with E-state index in [1.54, 1.807) is 20.8 Å². The van der Waals surface area contributed by atoms with Crippen molar-refractivity contribution >= 4 is 23.2 Å². The Bertz CT molecular complexity index is 189. The molecule has 0 N–H and O–H groups in total. The van der Waals surface area contributed by atoms with E-state index in [9.17, 15) is 4.79 Å². The molecular formula is C8H12O2S. The van der Waals surface area contributed by atoms with Gasteiger partial charge in [0.2, 0.25) is 0 Å². The van der Waals surface area contributed by atoms with Gasteiger partial charge < -0.3 is 4.74 Å². The van der Waals surface area contributed by atoms with Gasteiger partial charge in [0.05, 0.1) is 5.41 Å². The van der Waals surface area contributed by atoms with Gasteiger partial charge in [-0.2, -0.15) is 0 Å². The summed E-state index contributed by atoms with van der Waals surface area (Å²) < 4.78 is 4.74. The molecule has 0 atom stereocenters. The van der Waals surface area contributed by atoms with Crippen molar-refractivity contribution in [1.29, 1.82) is 0 Å². The molecular weight excluding hydrogens is 160 g/mol. The Kier molecular flexibility index (Phi) is 3.39. The fraction of sp³-hybridized carbons (Fsp3) is 0.500. The average molecular weight is 172 g/mol. The third-order valence-electron chi connectivity index (χ3n) is 0.972. The molecule has 0 amide bonds. The van der Waals surface area contributed by atoms with Crippen LogP contribution < -0.4 is 0 Å². The Hall–Kier alpha value is -0.700. The second-order valence-corrected chi connectivity index (χ2v) is 3.57. The molecule has 0 aromatic heterocycles. The van der Waals surface area contributed by atoms with Crippen molar-refractivity contribution in [1.82, 2.24) is 0 Å². The van der Waals surface area contributed by atoms with Crippen LogP contribution in [-0.4, -0.2) is 11.0 Å². The van der Waals surface area contributed by atoms with Crippen LogP contribution in [0, 0.1) is 5.41 Å². The van der Waals surface area contributed by atoms with E-state index in [1.165, 1.54) is 6.08 Å². The maximum absolute atomic E-state index is 11.1. The SMILES string of the molecule is C=CC(=S)OC(=O)C(C)(C)C. The van der Waals surface area contributed by atoms with Crippen molar-refractivity contribution in [2.24, 2.45) is 5.41 Å². The zero-order chi connectivity index (χ0) is 9.07. The van der Waals surface area contributed by atoms with Gasteiger partial charge in [-0.25, -0.2) is 0 Å². The van der Waals surface area contributed by atoms with Crippen LogP contribution in [0.4, 0.5) is 0 Å². The zero-order valence-electron chi connectivity index (χ0n) is 7.01. The van der Waals surface area contributed by atoms with Gasteiger partial charge >= 0.3 is 5.97 Å². The highest BCUT2D eigenvalue weighted by Crippen LogP contribution is 2.15. The molecule has 0 aliphatic rings. The average Bonchev–Trinajstić information content (AvgIpc) is 1.85. The zero-order valence-corrected chi connectivity index (χ0v) is 7.83. The van der Waals surface area contributed by atoms with Crippen LogP contribution in [0.1, 0.15) is 20.8 Å². The predicted molar refractivity (Wildman–Crippen MR) is 48.3 cm³/mol. The van der Waals surface area contributed by atoms with Gasteiger partial charge in [-0.15, -0.1) is 0 Å². The fourth-order valence-electron chi connectivity index (χ4n) is 0.286. The predicted octanol–water partition coefficient (Wildman–Crippen LogP) is 2.09. The molecule has 0 aliphatic carbocycles. The number of hydrogen-bond acceptors (Lipinski definition) is 3. The Balaban J connectivity index is 4.09. The first-order chi connectivity index (χ1) is 4.88. The molecule has 0 radical (unpaired) electrons. The van der Waals surface area contributed by atoms with Crippen LogP contribution in [0.3, 0.4) is 0 Å². The number of ether oxygens (including phenoxy) is 1. The summed E-state index contributed by atoms with van der Waals surface area (Å²) in [7, 11) is 0. The van der Waals surface area contributed by atoms with E-state index >= 15 is 0 Å². The van der Waals surface area contributed by atoms with Crippen LogP contribution >= 0.6 is 12.2 Å². The highest BCUT2D eigenvalue weighted by atomic mass is 32.1. The molecule has 0 unspecified atom stereocenters. The van der Waals surface area contributed by atoms with Gasteiger partial charge in [0.1, 0.15) is 0 Å². The third-order valence-corrected chi connectivity index (χ3v) is 1.22. The molecule has 3 heteroatoms. The Morgan fingerprint density at radius 3 is 2.27 bits per heavy atom. The summed E-state index contributed by atoms with van der Waals surface area (Å²) in [6.07, 6.45) is 1.33. The van der Waals surface area contributed by atoms with Crippen LogP contribution in [0.2, 0.25) is 0 Å². The number of rotatable bonds is 1. The summed E-state index contributed by atoms with van der Waals surface area (Å²) in [5, 5.41) is 0.130. The van der Waals surface area contributed by atoms with E-state index in [1.807, 2.05) is 0 Å². The van der Waals surface area contributed by atoms with E-state index < -0.39 is 5.41 Å². The Morgan fingerprint density at radius 2 is 2.00 bits per heavy atom. The van der Waals surface area contributed by atoms with Crippen LogP contribution in [0.25, 0.3) is 0 Å². The lowest BCUT2D eigenvalue weighted by Gasteiger charge is -2.15. The molecule has 2 nitrogen and oxygen atoms in total. The molecule has 0 saturated heterocycles. The summed E-state index contributed by atoms with van der Waals surface area (Å²) in [6, 6.07) is 0. The summed E-state index contributed by atoms with van der Waals surface area (Å²) >= 11 is 4.64. The largest absolute Gasteiger partial charge is 0.414 e. The van der Waals surface area contributed by atoms with E-state index in [0.717, 1.165) is 0 Å². The minimum absolute atomic E-state index is 0.130. The first-order valence-electron chi connectivity index (χ1n) is 3.26. The number of carbonyl (C=O) groups is 1. The van der Waals surface area contributed by atoms with E-state index in [0.29, 0.717) is 0 Å². The van der Waals surface area contributed by atoms with Crippen molar-refractivity contribution in [2.45, 2.75) is 20.8 Å². The van der Waals surface area contributed by atoms with E-state index in [4.69, 9.17) is 4.74 Å². The Morgan fingerprint density at radius 1 is 1.55 bits per heavy atom. The van der Waals surface area contributed by atoms with E-state index in [2.05, 4.69) is 18.8 Å². The van der Waals surface area contributed by atoms with Gasteiger partial charge in [-0.3, -0.25) is 4.79 Å². The van der Waals surface area contributed by atoms with Crippen LogP contribution in [0.5, 0.6) is 0 Å². The van der Waals surface area contributed by atoms with Crippen LogP contribution in [-0.2, 0) is 9.53 Å². The van der Waals surface area contributed by atoms with Gasteiger partial charge in [0.15, 0.2) is 5.05 Å². The molecule has 0 fully saturated rings. The quantitative estimate of drug-likeness (QED) is 0.344. The summed E-state index contributed by atoms with van der Waals surface area (Å²) in [5.74, 6) is -0.331. The van der Waals surface area contributed by atoms with Gasteiger partial charge in [-0.1, -0.05) is 6.58 Å². The lowest BCUT2D eigenvalue weighted by atomic mass is 9.97. The smallest absolute Gasteiger partial charge is 0.317 e. The van der Waals surface area contributed by atoms with Gasteiger partial charge in [0, 0.05) is 0 Å². The molecule has 62 valence electrons. The van der Waals surface area contributed by atoms with Crippen molar-refractivity contribution in [2.75, 3.05) is 0 Å². The highest BCUT2D eigenvalue weighted by molar-refractivity contribution is 7.80. The second-order valence-electron chi connectivity index (χ2n) is 3.16. The van der Waals surface area contributed by atoms with Crippen LogP contribution in [0.15, 0.2) is 12.7 Å². The number of hydrogen-bond donors (Lipinski definition) is 0. The minimum Gasteiger partial charge on any atom is -0.414 e. The first-order valence-corrected chi connectivity index (χ1v) is 3.67. The molecule has 0 heterocycles. The highest BCUT2D eigenvalue weighted by Gasteiger charge is 2.23. The lowest BCUT2D eigenvalue weighted by Crippen LogP contribution is -2.24. The van der Waals surface area contributed by atoms with E-state index in [-0.39, 0.29) is 11.0 Å². The molecule has 0 aliphatic heterocycles. The van der Waals surface area contributed by atoms with Crippen molar-refractivity contribution in [3.63, 3.8) is 0 Å². The molecule has 0 saturated carbocycles. The Labute approximate surface area is 72.2 Å². The number of thiocarbonyl (C=S) groups is 1. The maximum Gasteiger partial charge on any atom is 0.317 e. The summed E-state index contributed by atoms with van der Waals surface area (Å²) in [4.78, 5) is 11.1. The van der Waals surface area contributed by atoms with Gasteiger partial charge in [-0.05, 0) is 39.1 Å². The first kappa shape index (κ1) is 10.3. The van der Waals surface area contributed by atoms with Crippen molar-refractivity contribution in [3.8, 4) is 0 Å². The molecule has 0 bridgehead atoms. The molecule has 0 aromatic carbocycles. The minimum atomic E-state index is -0.507. The normalized spacial score (nSPS) is 10.5. The van der Waals surface area contributed by atoms with Gasteiger partial charge in [0.25, 0.3) is 0 Å². The summed E-state index contributed by atoms with van der Waals surface area (Å²) in [5.41, 5.74) is -0.507.